The van der Waals surface area contributed by atoms with Gasteiger partial charge in [0.1, 0.15) is 5.82 Å². The molecule has 0 fully saturated rings. The minimum atomic E-state index is -4.49. The fourth-order valence-corrected chi connectivity index (χ4v) is 1.99. The van der Waals surface area contributed by atoms with E-state index in [1.54, 1.807) is 4.90 Å². The van der Waals surface area contributed by atoms with Crippen LogP contribution in [-0.4, -0.2) is 38.5 Å². The summed E-state index contributed by atoms with van der Waals surface area (Å²) < 4.78 is 39.1. The first-order chi connectivity index (χ1) is 9.09. The Labute approximate surface area is 114 Å². The van der Waals surface area contributed by atoms with Gasteiger partial charge < -0.3 is 4.57 Å². The zero-order chi connectivity index (χ0) is 15.1. The van der Waals surface area contributed by atoms with E-state index in [2.05, 4.69) is 10.2 Å². The van der Waals surface area contributed by atoms with Crippen molar-refractivity contribution in [3.05, 3.63) is 11.6 Å². The van der Waals surface area contributed by atoms with Crippen LogP contribution >= 0.6 is 0 Å². The maximum atomic E-state index is 12.7. The molecule has 0 amide bonds. The SMILES string of the molecule is CC(C)(C)C(=O)CN1CCn2c(nnc2C(F)(F)F)C1. The van der Waals surface area contributed by atoms with E-state index in [-0.39, 0.29) is 31.2 Å². The molecule has 1 aliphatic heterocycles. The third-order valence-electron chi connectivity index (χ3n) is 3.29. The first-order valence-corrected chi connectivity index (χ1v) is 6.34. The lowest BCUT2D eigenvalue weighted by Crippen LogP contribution is -2.41. The molecule has 0 N–H and O–H groups in total. The average molecular weight is 290 g/mol. The van der Waals surface area contributed by atoms with Gasteiger partial charge in [-0.15, -0.1) is 10.2 Å². The Hall–Kier alpha value is -1.44. The van der Waals surface area contributed by atoms with E-state index in [0.29, 0.717) is 6.54 Å². The van der Waals surface area contributed by atoms with Crippen LogP contribution < -0.4 is 0 Å². The lowest BCUT2D eigenvalue weighted by Gasteiger charge is -2.29. The number of carbonyl (C=O) groups is 1. The molecule has 0 saturated heterocycles. The third kappa shape index (κ3) is 3.00. The summed E-state index contributed by atoms with van der Waals surface area (Å²) in [5, 5.41) is 6.79. The fraction of sp³-hybridized carbons (Fsp3) is 0.750. The van der Waals surface area contributed by atoms with E-state index in [4.69, 9.17) is 0 Å². The Kier molecular flexibility index (Phi) is 3.62. The van der Waals surface area contributed by atoms with E-state index in [9.17, 15) is 18.0 Å². The average Bonchev–Trinajstić information content (AvgIpc) is 2.70. The highest BCUT2D eigenvalue weighted by Gasteiger charge is 2.39. The number of alkyl halides is 3. The first kappa shape index (κ1) is 15.0. The quantitative estimate of drug-likeness (QED) is 0.832. The zero-order valence-corrected chi connectivity index (χ0v) is 11.7. The van der Waals surface area contributed by atoms with Crippen LogP contribution in [0, 0.1) is 5.41 Å². The maximum absolute atomic E-state index is 12.7. The van der Waals surface area contributed by atoms with Gasteiger partial charge in [0.2, 0.25) is 5.82 Å². The largest absolute Gasteiger partial charge is 0.451 e. The van der Waals surface area contributed by atoms with Crippen LogP contribution in [-0.2, 0) is 24.1 Å². The molecule has 5 nitrogen and oxygen atoms in total. The number of ketones is 1. The summed E-state index contributed by atoms with van der Waals surface area (Å²) in [6.07, 6.45) is -4.49. The van der Waals surface area contributed by atoms with Gasteiger partial charge in [0.05, 0.1) is 13.1 Å². The number of carbonyl (C=O) groups excluding carboxylic acids is 1. The minimum absolute atomic E-state index is 0.0570. The highest BCUT2D eigenvalue weighted by atomic mass is 19.4. The normalized spacial score (nSPS) is 17.1. The van der Waals surface area contributed by atoms with Crippen LogP contribution in [0.15, 0.2) is 0 Å². The van der Waals surface area contributed by atoms with Gasteiger partial charge in [-0.05, 0) is 0 Å². The van der Waals surface area contributed by atoms with E-state index in [0.717, 1.165) is 4.57 Å². The maximum Gasteiger partial charge on any atom is 0.451 e. The van der Waals surface area contributed by atoms with Crippen molar-refractivity contribution in [3.63, 3.8) is 0 Å². The molecule has 0 bridgehead atoms. The molecule has 1 aromatic rings. The standard InChI is InChI=1S/C12H17F3N4O/c1-11(2,3)8(20)6-18-4-5-19-9(7-18)16-17-10(19)12(13,14)15/h4-7H2,1-3H3. The van der Waals surface area contributed by atoms with E-state index in [1.807, 2.05) is 20.8 Å². The van der Waals surface area contributed by atoms with Crippen molar-refractivity contribution in [2.75, 3.05) is 13.1 Å². The van der Waals surface area contributed by atoms with Gasteiger partial charge in [-0.1, -0.05) is 20.8 Å². The Morgan fingerprint density at radius 3 is 2.40 bits per heavy atom. The monoisotopic (exact) mass is 290 g/mol. The molecule has 112 valence electrons. The highest BCUT2D eigenvalue weighted by Crippen LogP contribution is 2.29. The number of nitrogens with zero attached hydrogens (tertiary/aromatic N) is 4. The third-order valence-corrected chi connectivity index (χ3v) is 3.29. The lowest BCUT2D eigenvalue weighted by molar-refractivity contribution is -0.148. The van der Waals surface area contributed by atoms with Crippen molar-refractivity contribution in [2.45, 2.75) is 40.0 Å². The number of Topliss-reactive ketones (excluding diaryl/α,β-unsaturated/α-hetero) is 1. The van der Waals surface area contributed by atoms with Crippen molar-refractivity contribution in [2.24, 2.45) is 5.41 Å². The molecule has 8 heteroatoms. The lowest BCUT2D eigenvalue weighted by atomic mass is 9.90. The summed E-state index contributed by atoms with van der Waals surface area (Å²) in [5.74, 6) is -0.652. The second-order valence-electron chi connectivity index (χ2n) is 5.97. The van der Waals surface area contributed by atoms with Crippen molar-refractivity contribution in [3.8, 4) is 0 Å². The van der Waals surface area contributed by atoms with Gasteiger partial charge in [-0.3, -0.25) is 9.69 Å². The Morgan fingerprint density at radius 1 is 1.20 bits per heavy atom. The number of halogens is 3. The second-order valence-corrected chi connectivity index (χ2v) is 5.97. The Bertz CT molecular complexity index is 516. The van der Waals surface area contributed by atoms with Crippen LogP contribution in [0.25, 0.3) is 0 Å². The van der Waals surface area contributed by atoms with Gasteiger partial charge in [-0.25, -0.2) is 0 Å². The summed E-state index contributed by atoms with van der Waals surface area (Å²) >= 11 is 0. The van der Waals surface area contributed by atoms with Crippen LogP contribution in [0.1, 0.15) is 32.4 Å². The molecule has 0 aromatic carbocycles. The number of hydrogen-bond donors (Lipinski definition) is 0. The topological polar surface area (TPSA) is 51.0 Å². The molecule has 20 heavy (non-hydrogen) atoms. The van der Waals surface area contributed by atoms with Crippen LogP contribution in [0.2, 0.25) is 0 Å². The van der Waals surface area contributed by atoms with Crippen LogP contribution in [0.3, 0.4) is 0 Å². The molecule has 0 atom stereocenters. The Morgan fingerprint density at radius 2 is 1.85 bits per heavy atom. The van der Waals surface area contributed by atoms with E-state index in [1.165, 1.54) is 0 Å². The summed E-state index contributed by atoms with van der Waals surface area (Å²) in [6.45, 7) is 6.43. The van der Waals surface area contributed by atoms with Crippen LogP contribution in [0.4, 0.5) is 13.2 Å². The molecule has 0 spiro atoms. The number of aromatic nitrogens is 3. The second kappa shape index (κ2) is 4.83. The first-order valence-electron chi connectivity index (χ1n) is 6.34. The van der Waals surface area contributed by atoms with Crippen molar-refractivity contribution in [1.82, 2.24) is 19.7 Å². The molecule has 0 saturated carbocycles. The Balaban J connectivity index is 2.10. The van der Waals surface area contributed by atoms with Crippen molar-refractivity contribution < 1.29 is 18.0 Å². The molecule has 1 aromatic heterocycles. The van der Waals surface area contributed by atoms with Gasteiger partial charge in [0, 0.05) is 18.5 Å². The van der Waals surface area contributed by atoms with Crippen molar-refractivity contribution >= 4 is 5.78 Å². The fourth-order valence-electron chi connectivity index (χ4n) is 1.99. The van der Waals surface area contributed by atoms with Crippen molar-refractivity contribution in [1.29, 1.82) is 0 Å². The smallest absolute Gasteiger partial charge is 0.305 e. The van der Waals surface area contributed by atoms with E-state index >= 15 is 0 Å². The molecule has 2 heterocycles. The highest BCUT2D eigenvalue weighted by molar-refractivity contribution is 5.85. The molecular weight excluding hydrogens is 273 g/mol. The van der Waals surface area contributed by atoms with Gasteiger partial charge in [-0.2, -0.15) is 13.2 Å². The van der Waals surface area contributed by atoms with Crippen LogP contribution in [0.5, 0.6) is 0 Å². The van der Waals surface area contributed by atoms with Gasteiger partial charge >= 0.3 is 6.18 Å². The van der Waals surface area contributed by atoms with E-state index < -0.39 is 17.4 Å². The molecule has 2 rings (SSSR count). The summed E-state index contributed by atoms with van der Waals surface area (Å²) in [5.41, 5.74) is -0.456. The summed E-state index contributed by atoms with van der Waals surface area (Å²) in [4.78, 5) is 13.7. The zero-order valence-electron chi connectivity index (χ0n) is 11.7. The molecular formula is C12H17F3N4O. The van der Waals surface area contributed by atoms with Gasteiger partial charge in [0.25, 0.3) is 0 Å². The van der Waals surface area contributed by atoms with Gasteiger partial charge in [0.15, 0.2) is 5.78 Å². The summed E-state index contributed by atoms with van der Waals surface area (Å²) in [7, 11) is 0. The predicted molar refractivity (Wildman–Crippen MR) is 64.8 cm³/mol. The number of hydrogen-bond acceptors (Lipinski definition) is 4. The number of rotatable bonds is 2. The summed E-state index contributed by atoms with van der Waals surface area (Å²) in [6, 6.07) is 0. The minimum Gasteiger partial charge on any atom is -0.305 e. The molecule has 0 aliphatic carbocycles. The molecule has 1 aliphatic rings. The number of fused-ring (bicyclic) bond motifs is 1. The molecule has 0 unspecified atom stereocenters. The predicted octanol–water partition coefficient (Wildman–Crippen LogP) is 1.73. The molecule has 0 radical (unpaired) electrons.